The van der Waals surface area contributed by atoms with Crippen molar-refractivity contribution in [2.75, 3.05) is 6.54 Å². The van der Waals surface area contributed by atoms with Gasteiger partial charge < -0.3 is 5.32 Å². The van der Waals surface area contributed by atoms with Crippen molar-refractivity contribution in [2.24, 2.45) is 5.14 Å². The fraction of sp³-hybridized carbons (Fsp3) is 0.538. The van der Waals surface area contributed by atoms with Crippen LogP contribution in [0.3, 0.4) is 0 Å². The Balaban J connectivity index is 1.92. The largest absolute Gasteiger partial charge is 0.416 e. The molecule has 2 unspecified atom stereocenters. The second-order valence-corrected chi connectivity index (χ2v) is 7.14. The van der Waals surface area contributed by atoms with Crippen molar-refractivity contribution in [3.63, 3.8) is 0 Å². The molecule has 2 atom stereocenters. The SMILES string of the molecule is NS(=O)(=O)C1CCC(Cc2ccc(C(F)(F)F)cc2)NC1. The van der Waals surface area contributed by atoms with Crippen molar-refractivity contribution >= 4 is 10.0 Å². The van der Waals surface area contributed by atoms with Crippen molar-refractivity contribution in [3.05, 3.63) is 35.4 Å². The zero-order valence-corrected chi connectivity index (χ0v) is 12.0. The zero-order valence-electron chi connectivity index (χ0n) is 11.2. The Bertz CT molecular complexity index is 576. The second-order valence-electron chi connectivity index (χ2n) is 5.29. The lowest BCUT2D eigenvalue weighted by atomic mass is 9.97. The molecule has 1 aliphatic heterocycles. The third-order valence-corrected chi connectivity index (χ3v) is 5.03. The molecule has 0 amide bonds. The Kier molecular flexibility index (Phi) is 4.60. The lowest BCUT2D eigenvalue weighted by Crippen LogP contribution is -2.47. The molecule has 1 heterocycles. The van der Waals surface area contributed by atoms with E-state index >= 15 is 0 Å². The zero-order chi connectivity index (χ0) is 15.7. The van der Waals surface area contributed by atoms with E-state index in [4.69, 9.17) is 5.14 Å². The van der Waals surface area contributed by atoms with E-state index in [-0.39, 0.29) is 12.6 Å². The topological polar surface area (TPSA) is 72.2 Å². The highest BCUT2D eigenvalue weighted by Crippen LogP contribution is 2.29. The van der Waals surface area contributed by atoms with Crippen molar-refractivity contribution < 1.29 is 21.6 Å². The first kappa shape index (κ1) is 16.3. The number of primary sulfonamides is 1. The Labute approximate surface area is 121 Å². The molecule has 0 bridgehead atoms. The van der Waals surface area contributed by atoms with Crippen molar-refractivity contribution in [3.8, 4) is 0 Å². The number of alkyl halides is 3. The molecule has 1 aromatic rings. The summed E-state index contributed by atoms with van der Waals surface area (Å²) in [5.41, 5.74) is 0.117. The summed E-state index contributed by atoms with van der Waals surface area (Å²) in [6, 6.07) is 5.09. The molecule has 118 valence electrons. The fourth-order valence-corrected chi connectivity index (χ4v) is 3.25. The maximum atomic E-state index is 12.5. The lowest BCUT2D eigenvalue weighted by Gasteiger charge is -2.28. The molecule has 0 radical (unpaired) electrons. The number of hydrogen-bond donors (Lipinski definition) is 2. The quantitative estimate of drug-likeness (QED) is 0.889. The van der Waals surface area contributed by atoms with E-state index in [2.05, 4.69) is 5.32 Å². The van der Waals surface area contributed by atoms with Crippen molar-refractivity contribution in [2.45, 2.75) is 36.7 Å². The summed E-state index contributed by atoms with van der Waals surface area (Å²) >= 11 is 0. The first-order chi connectivity index (χ1) is 9.66. The molecule has 1 aliphatic rings. The highest BCUT2D eigenvalue weighted by molar-refractivity contribution is 7.89. The van der Waals surface area contributed by atoms with Crippen LogP contribution < -0.4 is 10.5 Å². The predicted octanol–water partition coefficient (Wildman–Crippen LogP) is 1.66. The minimum absolute atomic E-state index is 0.0553. The molecule has 1 aromatic carbocycles. The first-order valence-corrected chi connectivity index (χ1v) is 8.18. The number of nitrogens with two attached hydrogens (primary N) is 1. The predicted molar refractivity (Wildman–Crippen MR) is 73.1 cm³/mol. The van der Waals surface area contributed by atoms with Gasteiger partial charge in [0.2, 0.25) is 10.0 Å². The van der Waals surface area contributed by atoms with E-state index in [1.54, 1.807) is 0 Å². The number of rotatable bonds is 3. The number of piperidine rings is 1. The number of nitrogens with one attached hydrogen (secondary N) is 1. The minimum Gasteiger partial charge on any atom is -0.312 e. The van der Waals surface area contributed by atoms with Crippen molar-refractivity contribution in [1.29, 1.82) is 0 Å². The normalized spacial score (nSPS) is 24.0. The van der Waals surface area contributed by atoms with Gasteiger partial charge in [0, 0.05) is 12.6 Å². The average Bonchev–Trinajstić information content (AvgIpc) is 2.38. The first-order valence-electron chi connectivity index (χ1n) is 6.57. The number of halogens is 3. The van der Waals surface area contributed by atoms with Gasteiger partial charge in [0.05, 0.1) is 10.8 Å². The molecule has 1 fully saturated rings. The van der Waals surface area contributed by atoms with Crippen LogP contribution in [0.15, 0.2) is 24.3 Å². The molecule has 0 aromatic heterocycles. The second kappa shape index (κ2) is 5.94. The molecule has 3 N–H and O–H groups in total. The monoisotopic (exact) mass is 322 g/mol. The summed E-state index contributed by atoms with van der Waals surface area (Å²) in [5.74, 6) is 0. The average molecular weight is 322 g/mol. The van der Waals surface area contributed by atoms with Crippen LogP contribution in [0, 0.1) is 0 Å². The van der Waals surface area contributed by atoms with Crippen LogP contribution in [0.4, 0.5) is 13.2 Å². The number of sulfonamides is 1. The van der Waals surface area contributed by atoms with Crippen LogP contribution in [0.2, 0.25) is 0 Å². The van der Waals surface area contributed by atoms with Crippen LogP contribution in [-0.2, 0) is 22.6 Å². The summed E-state index contributed by atoms with van der Waals surface area (Å²) in [4.78, 5) is 0. The van der Waals surface area contributed by atoms with Crippen molar-refractivity contribution in [1.82, 2.24) is 5.32 Å². The fourth-order valence-electron chi connectivity index (χ4n) is 2.46. The molecule has 0 spiro atoms. The van der Waals surface area contributed by atoms with Crippen LogP contribution in [0.25, 0.3) is 0 Å². The van der Waals surface area contributed by atoms with E-state index < -0.39 is 27.0 Å². The maximum Gasteiger partial charge on any atom is 0.416 e. The lowest BCUT2D eigenvalue weighted by molar-refractivity contribution is -0.137. The van der Waals surface area contributed by atoms with Gasteiger partial charge >= 0.3 is 6.18 Å². The molecule has 0 aliphatic carbocycles. The highest BCUT2D eigenvalue weighted by Gasteiger charge is 2.30. The molecule has 1 saturated heterocycles. The minimum atomic E-state index is -4.33. The van der Waals surface area contributed by atoms with E-state index in [9.17, 15) is 21.6 Å². The Morgan fingerprint density at radius 3 is 2.24 bits per heavy atom. The summed E-state index contributed by atoms with van der Waals surface area (Å²) in [6.45, 7) is 0.282. The van der Waals surface area contributed by atoms with E-state index in [1.165, 1.54) is 12.1 Å². The summed E-state index contributed by atoms with van der Waals surface area (Å²) in [5, 5.41) is 7.60. The molecule has 8 heteroatoms. The molecule has 4 nitrogen and oxygen atoms in total. The van der Waals surface area contributed by atoms with Gasteiger partial charge in [-0.15, -0.1) is 0 Å². The third kappa shape index (κ3) is 4.42. The summed E-state index contributed by atoms with van der Waals surface area (Å²) < 4.78 is 59.8. The van der Waals surface area contributed by atoms with Crippen LogP contribution in [0.1, 0.15) is 24.0 Å². The van der Waals surface area contributed by atoms with Gasteiger partial charge in [-0.2, -0.15) is 13.2 Å². The maximum absolute atomic E-state index is 12.5. The Morgan fingerprint density at radius 1 is 1.19 bits per heavy atom. The molecular weight excluding hydrogens is 305 g/mol. The molecule has 0 saturated carbocycles. The van der Waals surface area contributed by atoms with E-state index in [0.717, 1.165) is 17.7 Å². The van der Waals surface area contributed by atoms with Gasteiger partial charge in [-0.1, -0.05) is 12.1 Å². The van der Waals surface area contributed by atoms with Gasteiger partial charge in [0.15, 0.2) is 0 Å². The molecule has 21 heavy (non-hydrogen) atoms. The molecular formula is C13H17F3N2O2S. The highest BCUT2D eigenvalue weighted by atomic mass is 32.2. The summed E-state index contributed by atoms with van der Waals surface area (Å²) in [7, 11) is -3.53. The molecule has 2 rings (SSSR count). The Morgan fingerprint density at radius 2 is 1.81 bits per heavy atom. The third-order valence-electron chi connectivity index (χ3n) is 3.70. The van der Waals surface area contributed by atoms with E-state index in [1.807, 2.05) is 0 Å². The van der Waals surface area contributed by atoms with Crippen LogP contribution in [-0.4, -0.2) is 26.3 Å². The summed E-state index contributed by atoms with van der Waals surface area (Å²) in [6.07, 6.45) is -2.67. The number of hydrogen-bond acceptors (Lipinski definition) is 3. The van der Waals surface area contributed by atoms with E-state index in [0.29, 0.717) is 19.3 Å². The smallest absolute Gasteiger partial charge is 0.312 e. The number of benzene rings is 1. The van der Waals surface area contributed by atoms with Gasteiger partial charge in [-0.25, -0.2) is 13.6 Å². The standard InChI is InChI=1S/C13H17F3N2O2S/c14-13(15,16)10-3-1-9(2-4-10)7-11-5-6-12(8-18-11)21(17,19)20/h1-4,11-12,18H,5-8H2,(H2,17,19,20). The van der Waals surface area contributed by atoms with Gasteiger partial charge in [0.25, 0.3) is 0 Å². The van der Waals surface area contributed by atoms with Gasteiger partial charge in [0.1, 0.15) is 0 Å². The van der Waals surface area contributed by atoms with Gasteiger partial charge in [-0.3, -0.25) is 0 Å². The van der Waals surface area contributed by atoms with Crippen LogP contribution in [0.5, 0.6) is 0 Å². The van der Waals surface area contributed by atoms with Crippen LogP contribution >= 0.6 is 0 Å². The Hall–Kier alpha value is -1.12. The van der Waals surface area contributed by atoms with Gasteiger partial charge in [-0.05, 0) is 37.0 Å².